The van der Waals surface area contributed by atoms with E-state index in [1.165, 1.54) is 42.2 Å². The van der Waals surface area contributed by atoms with Gasteiger partial charge >= 0.3 is 0 Å². The van der Waals surface area contributed by atoms with E-state index < -0.39 is 0 Å². The molecule has 0 N–H and O–H groups in total. The average molecular weight is 677 g/mol. The summed E-state index contributed by atoms with van der Waals surface area (Å²) in [5.74, 6) is 1.88. The molecule has 5 heteroatoms. The van der Waals surface area contributed by atoms with Crippen molar-refractivity contribution in [3.05, 3.63) is 145 Å². The maximum Gasteiger partial charge on any atom is 0.238 e. The van der Waals surface area contributed by atoms with E-state index in [-0.39, 0.29) is 0 Å². The quantitative estimate of drug-likeness (QED) is 0.145. The van der Waals surface area contributed by atoms with Gasteiger partial charge < -0.3 is 4.42 Å². The molecule has 254 valence electrons. The normalized spacial score (nSPS) is 11.7. The number of rotatable bonds is 10. The first-order valence-electron chi connectivity index (χ1n) is 18.6. The highest BCUT2D eigenvalue weighted by molar-refractivity contribution is 6.12. The van der Waals surface area contributed by atoms with Crippen LogP contribution in [0.15, 0.2) is 138 Å². The minimum Gasteiger partial charge on any atom is -0.455 e. The van der Waals surface area contributed by atoms with Crippen LogP contribution >= 0.6 is 0 Å². The van der Waals surface area contributed by atoms with Gasteiger partial charge in [0, 0.05) is 38.2 Å². The summed E-state index contributed by atoms with van der Waals surface area (Å²) in [5.41, 5.74) is 10.6. The van der Waals surface area contributed by atoms with Crippen LogP contribution in [-0.4, -0.2) is 19.5 Å². The molecule has 0 amide bonds. The largest absolute Gasteiger partial charge is 0.455 e. The molecule has 3 heterocycles. The first-order chi connectivity index (χ1) is 25.7. The number of aryl methyl sites for hydroxylation is 2. The van der Waals surface area contributed by atoms with Crippen LogP contribution in [0.25, 0.3) is 83.6 Å². The Kier molecular flexibility index (Phi) is 8.32. The molecule has 5 nitrogen and oxygen atoms in total. The van der Waals surface area contributed by atoms with Crippen LogP contribution in [-0.2, 0) is 12.8 Å². The lowest BCUT2D eigenvalue weighted by atomic mass is 10.00. The summed E-state index contributed by atoms with van der Waals surface area (Å²) in [7, 11) is 0. The van der Waals surface area contributed by atoms with E-state index in [0.29, 0.717) is 17.6 Å². The van der Waals surface area contributed by atoms with Crippen molar-refractivity contribution in [2.45, 2.75) is 52.4 Å². The summed E-state index contributed by atoms with van der Waals surface area (Å²) in [6.45, 7) is 4.47. The van der Waals surface area contributed by atoms with Crippen molar-refractivity contribution < 1.29 is 4.42 Å². The standard InChI is InChI=1S/C47H40N4O/c1-3-5-13-31-21-24-34(25-22-31)46-48-45(33-15-8-7-9-16-33)49-47(50-46)51-41-20-11-10-17-37(41)38-27-26-35(30-42(38)51)36-18-12-19-39-40-29-32(14-6-4-2)23-28-43(40)52-44(36)39/h7-12,15-30H,3-6,13-14H2,1-2H3. The molecule has 0 atom stereocenters. The molecule has 9 rings (SSSR count). The van der Waals surface area contributed by atoms with Gasteiger partial charge in [-0.3, -0.25) is 4.57 Å². The lowest BCUT2D eigenvalue weighted by Gasteiger charge is -2.12. The van der Waals surface area contributed by atoms with E-state index >= 15 is 0 Å². The van der Waals surface area contributed by atoms with E-state index in [1.807, 2.05) is 18.2 Å². The molecular weight excluding hydrogens is 637 g/mol. The number of aromatic nitrogens is 4. The van der Waals surface area contributed by atoms with Crippen molar-refractivity contribution in [2.75, 3.05) is 0 Å². The highest BCUT2D eigenvalue weighted by Gasteiger charge is 2.20. The second kappa shape index (κ2) is 13.6. The Bertz CT molecular complexity index is 2700. The minimum absolute atomic E-state index is 0.587. The zero-order valence-corrected chi connectivity index (χ0v) is 29.6. The van der Waals surface area contributed by atoms with Crippen LogP contribution in [0.3, 0.4) is 0 Å². The Morgan fingerprint density at radius 2 is 1.15 bits per heavy atom. The van der Waals surface area contributed by atoms with Gasteiger partial charge in [-0.15, -0.1) is 0 Å². The van der Waals surface area contributed by atoms with Crippen LogP contribution in [0.1, 0.15) is 50.7 Å². The third-order valence-corrected chi connectivity index (χ3v) is 10.3. The molecule has 0 unspecified atom stereocenters. The summed E-state index contributed by atoms with van der Waals surface area (Å²) >= 11 is 0. The van der Waals surface area contributed by atoms with Gasteiger partial charge in [0.1, 0.15) is 11.2 Å². The van der Waals surface area contributed by atoms with Crippen LogP contribution < -0.4 is 0 Å². The molecule has 3 aromatic heterocycles. The molecule has 0 aliphatic heterocycles. The number of para-hydroxylation sites is 2. The maximum atomic E-state index is 6.60. The topological polar surface area (TPSA) is 56.7 Å². The molecule has 9 aromatic rings. The van der Waals surface area contributed by atoms with Gasteiger partial charge in [0.05, 0.1) is 11.0 Å². The zero-order valence-electron chi connectivity index (χ0n) is 29.6. The summed E-state index contributed by atoms with van der Waals surface area (Å²) < 4.78 is 8.80. The van der Waals surface area contributed by atoms with Gasteiger partial charge in [-0.05, 0) is 66.6 Å². The van der Waals surface area contributed by atoms with Gasteiger partial charge in [-0.2, -0.15) is 9.97 Å². The zero-order chi connectivity index (χ0) is 35.0. The molecule has 0 aliphatic carbocycles. The van der Waals surface area contributed by atoms with E-state index in [1.54, 1.807) is 0 Å². The Labute approximate surface area is 303 Å². The van der Waals surface area contributed by atoms with Crippen molar-refractivity contribution in [3.8, 4) is 39.9 Å². The number of benzene rings is 6. The highest BCUT2D eigenvalue weighted by atomic mass is 16.3. The molecule has 0 aliphatic rings. The maximum absolute atomic E-state index is 6.60. The Hall–Kier alpha value is -6.07. The first kappa shape index (κ1) is 31.9. The molecular formula is C47H40N4O. The number of hydrogen-bond donors (Lipinski definition) is 0. The third kappa shape index (κ3) is 5.72. The van der Waals surface area contributed by atoms with Crippen LogP contribution in [0.5, 0.6) is 0 Å². The Morgan fingerprint density at radius 1 is 0.500 bits per heavy atom. The van der Waals surface area contributed by atoms with Crippen LogP contribution in [0.4, 0.5) is 0 Å². The van der Waals surface area contributed by atoms with E-state index in [2.05, 4.69) is 134 Å². The summed E-state index contributed by atoms with van der Waals surface area (Å²) in [6.07, 6.45) is 6.86. The number of hydrogen-bond acceptors (Lipinski definition) is 4. The molecule has 0 spiro atoms. The average Bonchev–Trinajstić information content (AvgIpc) is 3.75. The fourth-order valence-electron chi connectivity index (χ4n) is 7.47. The second-order valence-electron chi connectivity index (χ2n) is 13.8. The van der Waals surface area contributed by atoms with Crippen LogP contribution in [0.2, 0.25) is 0 Å². The van der Waals surface area contributed by atoms with Crippen LogP contribution in [0, 0.1) is 0 Å². The molecule has 0 saturated heterocycles. The third-order valence-electron chi connectivity index (χ3n) is 10.3. The lowest BCUT2D eigenvalue weighted by molar-refractivity contribution is 0.669. The first-order valence-corrected chi connectivity index (χ1v) is 18.6. The molecule has 0 saturated carbocycles. The predicted molar refractivity (Wildman–Crippen MR) is 215 cm³/mol. The summed E-state index contributed by atoms with van der Waals surface area (Å²) in [4.78, 5) is 15.4. The van der Waals surface area contributed by atoms with Crippen molar-refractivity contribution in [3.63, 3.8) is 0 Å². The fraction of sp³-hybridized carbons (Fsp3) is 0.170. The lowest BCUT2D eigenvalue weighted by Crippen LogP contribution is -2.06. The predicted octanol–water partition coefficient (Wildman–Crippen LogP) is 12.6. The summed E-state index contributed by atoms with van der Waals surface area (Å²) in [5, 5.41) is 4.60. The van der Waals surface area contributed by atoms with Gasteiger partial charge in [0.2, 0.25) is 5.95 Å². The molecule has 0 fully saturated rings. The SMILES string of the molecule is CCCCc1ccc(-c2nc(-c3ccccc3)nc(-n3c4ccccc4c4ccc(-c5cccc6c5oc5ccc(CCCC)cc56)cc43)n2)cc1. The Morgan fingerprint density at radius 3 is 1.94 bits per heavy atom. The van der Waals surface area contributed by atoms with E-state index in [9.17, 15) is 0 Å². The number of fused-ring (bicyclic) bond motifs is 6. The molecule has 52 heavy (non-hydrogen) atoms. The smallest absolute Gasteiger partial charge is 0.238 e. The Balaban J connectivity index is 1.24. The number of unbranched alkanes of at least 4 members (excludes halogenated alkanes) is 2. The van der Waals surface area contributed by atoms with E-state index in [0.717, 1.165) is 73.5 Å². The van der Waals surface area contributed by atoms with Crippen molar-refractivity contribution >= 4 is 43.7 Å². The van der Waals surface area contributed by atoms with Gasteiger partial charge in [0.25, 0.3) is 0 Å². The summed E-state index contributed by atoms with van der Waals surface area (Å²) in [6, 6.07) is 47.2. The van der Waals surface area contributed by atoms with Gasteiger partial charge in [-0.1, -0.05) is 136 Å². The van der Waals surface area contributed by atoms with Gasteiger partial charge in [-0.25, -0.2) is 4.98 Å². The van der Waals surface area contributed by atoms with E-state index in [4.69, 9.17) is 19.4 Å². The van der Waals surface area contributed by atoms with Gasteiger partial charge in [0.15, 0.2) is 11.6 Å². The fourth-order valence-corrected chi connectivity index (χ4v) is 7.47. The minimum atomic E-state index is 0.587. The molecule has 0 bridgehead atoms. The van der Waals surface area contributed by atoms with Crippen molar-refractivity contribution in [1.82, 2.24) is 19.5 Å². The van der Waals surface area contributed by atoms with Crippen molar-refractivity contribution in [2.24, 2.45) is 0 Å². The van der Waals surface area contributed by atoms with Crippen molar-refractivity contribution in [1.29, 1.82) is 0 Å². The number of furan rings is 1. The number of nitrogens with zero attached hydrogens (tertiary/aromatic N) is 4. The molecule has 6 aromatic carbocycles. The molecule has 0 radical (unpaired) electrons. The monoisotopic (exact) mass is 676 g/mol. The second-order valence-corrected chi connectivity index (χ2v) is 13.8. The highest BCUT2D eigenvalue weighted by Crippen LogP contribution is 2.39.